The predicted molar refractivity (Wildman–Crippen MR) is 82.2 cm³/mol. The van der Waals surface area contributed by atoms with E-state index in [9.17, 15) is 4.79 Å². The smallest absolute Gasteiger partial charge is 0.177 e. The molecule has 0 N–H and O–H groups in total. The van der Waals surface area contributed by atoms with E-state index < -0.39 is 0 Å². The minimum Gasteiger partial charge on any atom is -0.322 e. The number of rotatable bonds is 4. The maximum absolute atomic E-state index is 11.3. The van der Waals surface area contributed by atoms with Gasteiger partial charge in [-0.15, -0.1) is 0 Å². The first-order valence-corrected chi connectivity index (χ1v) is 6.98. The van der Waals surface area contributed by atoms with E-state index in [1.165, 1.54) is 5.56 Å². The summed E-state index contributed by atoms with van der Waals surface area (Å²) in [6, 6.07) is 12.3. The number of imidazole rings is 1. The van der Waals surface area contributed by atoms with Crippen LogP contribution in [0, 0.1) is 6.92 Å². The van der Waals surface area contributed by atoms with Gasteiger partial charge in [-0.05, 0) is 31.0 Å². The van der Waals surface area contributed by atoms with Crippen LogP contribution in [0.3, 0.4) is 0 Å². The van der Waals surface area contributed by atoms with Crippen LogP contribution in [0.25, 0.3) is 11.2 Å². The van der Waals surface area contributed by atoms with Crippen molar-refractivity contribution in [3.8, 4) is 0 Å². The lowest BCUT2D eigenvalue weighted by Crippen LogP contribution is -2.03. The Hall–Kier alpha value is -2.49. The third kappa shape index (κ3) is 2.84. The lowest BCUT2D eigenvalue weighted by molar-refractivity contribution is -0.116. The highest BCUT2D eigenvalue weighted by Gasteiger charge is 2.10. The Morgan fingerprint density at radius 3 is 2.67 bits per heavy atom. The van der Waals surface area contributed by atoms with Crippen LogP contribution in [0.2, 0.25) is 0 Å². The number of pyridine rings is 1. The standard InChI is InChI=1S/C17H17N3O/c1-12(21)8-15-9-16-17(18-10-15)19-13(2)20(16)11-14-6-4-3-5-7-14/h3-7,9-10H,8,11H2,1-2H3. The van der Waals surface area contributed by atoms with E-state index in [4.69, 9.17) is 0 Å². The van der Waals surface area contributed by atoms with E-state index in [1.807, 2.05) is 31.2 Å². The van der Waals surface area contributed by atoms with Gasteiger partial charge >= 0.3 is 0 Å². The second kappa shape index (κ2) is 5.48. The monoisotopic (exact) mass is 279 g/mol. The number of hydrogen-bond acceptors (Lipinski definition) is 3. The second-order valence-electron chi connectivity index (χ2n) is 5.30. The summed E-state index contributed by atoms with van der Waals surface area (Å²) in [5.41, 5.74) is 3.87. The molecule has 0 saturated carbocycles. The van der Waals surface area contributed by atoms with E-state index in [0.29, 0.717) is 6.42 Å². The first kappa shape index (κ1) is 13.5. The van der Waals surface area contributed by atoms with Gasteiger partial charge in [0.25, 0.3) is 0 Å². The fourth-order valence-electron chi connectivity index (χ4n) is 2.51. The fraction of sp³-hybridized carbons (Fsp3) is 0.235. The molecule has 0 amide bonds. The van der Waals surface area contributed by atoms with Gasteiger partial charge in [0.1, 0.15) is 11.6 Å². The first-order chi connectivity index (χ1) is 10.1. The van der Waals surface area contributed by atoms with Crippen molar-refractivity contribution in [1.29, 1.82) is 0 Å². The van der Waals surface area contributed by atoms with Gasteiger partial charge in [-0.3, -0.25) is 4.79 Å². The summed E-state index contributed by atoms with van der Waals surface area (Å²) in [5, 5.41) is 0. The molecular weight excluding hydrogens is 262 g/mol. The quantitative estimate of drug-likeness (QED) is 0.737. The van der Waals surface area contributed by atoms with Gasteiger partial charge in [-0.1, -0.05) is 30.3 Å². The van der Waals surface area contributed by atoms with Crippen molar-refractivity contribution in [3.05, 3.63) is 59.5 Å². The zero-order chi connectivity index (χ0) is 14.8. The number of nitrogens with zero attached hydrogens (tertiary/aromatic N) is 3. The molecule has 1 aromatic carbocycles. The number of ketones is 1. The Morgan fingerprint density at radius 1 is 1.19 bits per heavy atom. The van der Waals surface area contributed by atoms with Crippen LogP contribution < -0.4 is 0 Å². The summed E-state index contributed by atoms with van der Waals surface area (Å²) < 4.78 is 2.14. The average Bonchev–Trinajstić information content (AvgIpc) is 2.76. The molecule has 2 aromatic heterocycles. The zero-order valence-electron chi connectivity index (χ0n) is 12.2. The summed E-state index contributed by atoms with van der Waals surface area (Å²) in [4.78, 5) is 20.1. The van der Waals surface area contributed by atoms with Crippen LogP contribution in [0.1, 0.15) is 23.9 Å². The Bertz CT molecular complexity index is 790. The molecule has 0 atom stereocenters. The lowest BCUT2D eigenvalue weighted by Gasteiger charge is -2.07. The maximum Gasteiger partial charge on any atom is 0.177 e. The van der Waals surface area contributed by atoms with Crippen molar-refractivity contribution in [1.82, 2.24) is 14.5 Å². The molecule has 106 valence electrons. The number of Topliss-reactive ketones (excluding diaryl/α,β-unsaturated/α-hetero) is 1. The Labute approximate surface area is 123 Å². The molecule has 3 rings (SSSR count). The molecule has 3 aromatic rings. The number of hydrogen-bond donors (Lipinski definition) is 0. The van der Waals surface area contributed by atoms with Crippen molar-refractivity contribution in [3.63, 3.8) is 0 Å². The topological polar surface area (TPSA) is 47.8 Å². The number of carbonyl (C=O) groups excluding carboxylic acids is 1. The Morgan fingerprint density at radius 2 is 1.95 bits per heavy atom. The van der Waals surface area contributed by atoms with Crippen molar-refractivity contribution >= 4 is 16.9 Å². The third-order valence-electron chi connectivity index (χ3n) is 3.49. The van der Waals surface area contributed by atoms with E-state index in [2.05, 4.69) is 26.7 Å². The van der Waals surface area contributed by atoms with Gasteiger partial charge in [0.05, 0.1) is 5.52 Å². The normalized spacial score (nSPS) is 11.0. The third-order valence-corrected chi connectivity index (χ3v) is 3.49. The minimum absolute atomic E-state index is 0.141. The van der Waals surface area contributed by atoms with Gasteiger partial charge < -0.3 is 4.57 Å². The van der Waals surface area contributed by atoms with Gasteiger partial charge in [-0.2, -0.15) is 0 Å². The van der Waals surface area contributed by atoms with Crippen LogP contribution in [0.5, 0.6) is 0 Å². The summed E-state index contributed by atoms with van der Waals surface area (Å²) in [7, 11) is 0. The number of aromatic nitrogens is 3. The molecule has 21 heavy (non-hydrogen) atoms. The van der Waals surface area contributed by atoms with Gasteiger partial charge in [-0.25, -0.2) is 9.97 Å². The Balaban J connectivity index is 2.04. The molecule has 0 unspecified atom stereocenters. The SMILES string of the molecule is CC(=O)Cc1cnc2nc(C)n(Cc3ccccc3)c2c1. The molecule has 0 bridgehead atoms. The molecule has 0 radical (unpaired) electrons. The summed E-state index contributed by atoms with van der Waals surface area (Å²) in [6.07, 6.45) is 2.15. The summed E-state index contributed by atoms with van der Waals surface area (Å²) >= 11 is 0. The molecule has 4 heteroatoms. The summed E-state index contributed by atoms with van der Waals surface area (Å²) in [5.74, 6) is 1.07. The van der Waals surface area contributed by atoms with Crippen molar-refractivity contribution in [2.24, 2.45) is 0 Å². The van der Waals surface area contributed by atoms with Crippen LogP contribution in [0.4, 0.5) is 0 Å². The number of carbonyl (C=O) groups is 1. The van der Waals surface area contributed by atoms with Gasteiger partial charge in [0.15, 0.2) is 5.65 Å². The van der Waals surface area contributed by atoms with E-state index in [0.717, 1.165) is 29.1 Å². The molecule has 0 aliphatic heterocycles. The highest BCUT2D eigenvalue weighted by Crippen LogP contribution is 2.17. The van der Waals surface area contributed by atoms with Crippen LogP contribution in [-0.2, 0) is 17.8 Å². The first-order valence-electron chi connectivity index (χ1n) is 6.98. The van der Waals surface area contributed by atoms with Crippen molar-refractivity contribution in [2.75, 3.05) is 0 Å². The molecule has 0 fully saturated rings. The largest absolute Gasteiger partial charge is 0.322 e. The molecule has 4 nitrogen and oxygen atoms in total. The highest BCUT2D eigenvalue weighted by molar-refractivity contribution is 5.80. The second-order valence-corrected chi connectivity index (χ2v) is 5.30. The number of benzene rings is 1. The minimum atomic E-state index is 0.141. The van der Waals surface area contributed by atoms with Crippen LogP contribution >= 0.6 is 0 Å². The van der Waals surface area contributed by atoms with Crippen molar-refractivity contribution < 1.29 is 4.79 Å². The molecule has 0 spiro atoms. The molecule has 2 heterocycles. The predicted octanol–water partition coefficient (Wildman–Crippen LogP) is 2.92. The molecule has 0 aliphatic carbocycles. The maximum atomic E-state index is 11.3. The van der Waals surface area contributed by atoms with Gasteiger partial charge in [0.2, 0.25) is 0 Å². The van der Waals surface area contributed by atoms with Crippen LogP contribution in [-0.4, -0.2) is 20.3 Å². The molecular formula is C17H17N3O. The number of fused-ring (bicyclic) bond motifs is 1. The van der Waals surface area contributed by atoms with E-state index >= 15 is 0 Å². The van der Waals surface area contributed by atoms with E-state index in [-0.39, 0.29) is 5.78 Å². The number of aryl methyl sites for hydroxylation is 1. The van der Waals surface area contributed by atoms with E-state index in [1.54, 1.807) is 13.1 Å². The molecule has 0 saturated heterocycles. The van der Waals surface area contributed by atoms with Crippen molar-refractivity contribution in [2.45, 2.75) is 26.8 Å². The molecule has 0 aliphatic rings. The highest BCUT2D eigenvalue weighted by atomic mass is 16.1. The lowest BCUT2D eigenvalue weighted by atomic mass is 10.1. The van der Waals surface area contributed by atoms with Gasteiger partial charge in [0, 0.05) is 19.2 Å². The summed E-state index contributed by atoms with van der Waals surface area (Å²) in [6.45, 7) is 4.33. The van der Waals surface area contributed by atoms with Crippen LogP contribution in [0.15, 0.2) is 42.6 Å². The zero-order valence-corrected chi connectivity index (χ0v) is 12.2. The average molecular weight is 279 g/mol. The fourth-order valence-corrected chi connectivity index (χ4v) is 2.51. The Kier molecular flexibility index (Phi) is 3.52.